The first kappa shape index (κ1) is 17.3. The lowest BCUT2D eigenvalue weighted by Crippen LogP contribution is -2.09. The maximum absolute atomic E-state index is 12.6. The second kappa shape index (κ2) is 7.18. The highest BCUT2D eigenvalue weighted by atomic mass is 32.2. The second-order valence-corrected chi connectivity index (χ2v) is 6.04. The number of rotatable bonds is 5. The molecule has 0 atom stereocenters. The zero-order valence-corrected chi connectivity index (χ0v) is 13.9. The van der Waals surface area contributed by atoms with Gasteiger partial charge < -0.3 is 4.57 Å². The third kappa shape index (κ3) is 3.95. The van der Waals surface area contributed by atoms with Gasteiger partial charge in [0.05, 0.1) is 0 Å². The number of pyridine rings is 1. The van der Waals surface area contributed by atoms with E-state index in [-0.39, 0.29) is 0 Å². The van der Waals surface area contributed by atoms with Gasteiger partial charge >= 0.3 is 6.18 Å². The zero-order valence-electron chi connectivity index (χ0n) is 13.1. The Balaban J connectivity index is 1.89. The summed E-state index contributed by atoms with van der Waals surface area (Å²) in [7, 11) is 0. The van der Waals surface area contributed by atoms with Crippen LogP contribution in [0.5, 0.6) is 0 Å². The molecule has 0 amide bonds. The summed E-state index contributed by atoms with van der Waals surface area (Å²) >= 11 is 1.12. The molecular weight excluding hydrogens is 353 g/mol. The van der Waals surface area contributed by atoms with Gasteiger partial charge in [0.15, 0.2) is 16.7 Å². The van der Waals surface area contributed by atoms with Crippen molar-refractivity contribution in [2.45, 2.75) is 36.2 Å². The second-order valence-electron chi connectivity index (χ2n) is 5.05. The Labute approximate surface area is 145 Å². The highest BCUT2D eigenvalue weighted by Crippen LogP contribution is 2.31. The van der Waals surface area contributed by atoms with Crippen molar-refractivity contribution < 1.29 is 13.2 Å². The van der Waals surface area contributed by atoms with Gasteiger partial charge in [-0.05, 0) is 42.4 Å². The number of alkyl halides is 3. The first-order chi connectivity index (χ1) is 12.0. The van der Waals surface area contributed by atoms with Gasteiger partial charge in [-0.1, -0.05) is 6.92 Å². The lowest BCUT2D eigenvalue weighted by atomic mass is 10.2. The van der Waals surface area contributed by atoms with Crippen LogP contribution in [-0.2, 0) is 12.7 Å². The van der Waals surface area contributed by atoms with Gasteiger partial charge in [-0.2, -0.15) is 13.2 Å². The molecule has 0 aliphatic heterocycles. The van der Waals surface area contributed by atoms with E-state index in [0.29, 0.717) is 22.6 Å². The fourth-order valence-electron chi connectivity index (χ4n) is 2.12. The Morgan fingerprint density at radius 2 is 1.76 bits per heavy atom. The maximum Gasteiger partial charge on any atom is 0.435 e. The van der Waals surface area contributed by atoms with Gasteiger partial charge in [0, 0.05) is 24.5 Å². The van der Waals surface area contributed by atoms with Crippen molar-refractivity contribution in [3.63, 3.8) is 0 Å². The fourth-order valence-corrected chi connectivity index (χ4v) is 2.90. The van der Waals surface area contributed by atoms with Crippen molar-refractivity contribution >= 4 is 11.8 Å². The Bertz CT molecular complexity index is 833. The molecule has 0 fully saturated rings. The van der Waals surface area contributed by atoms with Crippen LogP contribution in [0.2, 0.25) is 0 Å². The summed E-state index contributed by atoms with van der Waals surface area (Å²) in [6.07, 6.45) is -0.335. The summed E-state index contributed by atoms with van der Waals surface area (Å²) in [6.45, 7) is 2.68. The van der Waals surface area contributed by atoms with Crippen molar-refractivity contribution in [2.75, 3.05) is 0 Å². The average molecular weight is 366 g/mol. The van der Waals surface area contributed by atoms with Gasteiger partial charge in [0.25, 0.3) is 0 Å². The predicted octanol–water partition coefficient (Wildman–Crippen LogP) is 3.71. The van der Waals surface area contributed by atoms with Gasteiger partial charge in [-0.15, -0.1) is 20.4 Å². The highest BCUT2D eigenvalue weighted by Gasteiger charge is 2.33. The van der Waals surface area contributed by atoms with Crippen molar-refractivity contribution in [2.24, 2.45) is 0 Å². The topological polar surface area (TPSA) is 69.4 Å². The van der Waals surface area contributed by atoms with Crippen LogP contribution in [0.15, 0.2) is 46.8 Å². The summed E-state index contributed by atoms with van der Waals surface area (Å²) in [4.78, 5) is 3.98. The minimum Gasteiger partial charge on any atom is -0.302 e. The molecule has 0 bridgehead atoms. The Hall–Kier alpha value is -2.49. The number of hydrogen-bond donors (Lipinski definition) is 0. The lowest BCUT2D eigenvalue weighted by Gasteiger charge is -2.08. The number of nitrogens with zero attached hydrogens (tertiary/aromatic N) is 6. The van der Waals surface area contributed by atoms with Crippen LogP contribution >= 0.6 is 11.8 Å². The molecule has 0 unspecified atom stereocenters. The van der Waals surface area contributed by atoms with E-state index in [1.165, 1.54) is 6.07 Å². The number of hydrogen-bond acceptors (Lipinski definition) is 6. The lowest BCUT2D eigenvalue weighted by molar-refractivity contribution is -0.141. The molecule has 0 spiro atoms. The van der Waals surface area contributed by atoms with E-state index in [1.54, 1.807) is 12.4 Å². The molecule has 0 aliphatic carbocycles. The summed E-state index contributed by atoms with van der Waals surface area (Å²) < 4.78 is 39.6. The minimum atomic E-state index is -4.51. The Morgan fingerprint density at radius 1 is 1.00 bits per heavy atom. The Morgan fingerprint density at radius 3 is 2.36 bits per heavy atom. The molecule has 3 aromatic rings. The average Bonchev–Trinajstić information content (AvgIpc) is 2.98. The molecule has 25 heavy (non-hydrogen) atoms. The molecule has 130 valence electrons. The van der Waals surface area contributed by atoms with E-state index in [0.717, 1.165) is 29.8 Å². The van der Waals surface area contributed by atoms with Crippen LogP contribution in [0.3, 0.4) is 0 Å². The largest absolute Gasteiger partial charge is 0.435 e. The zero-order chi connectivity index (χ0) is 17.9. The van der Waals surface area contributed by atoms with E-state index in [1.807, 2.05) is 23.6 Å². The van der Waals surface area contributed by atoms with E-state index in [9.17, 15) is 13.2 Å². The molecule has 0 aliphatic rings. The third-order valence-electron chi connectivity index (χ3n) is 3.23. The van der Waals surface area contributed by atoms with Crippen LogP contribution in [0.4, 0.5) is 13.2 Å². The molecule has 10 heteroatoms. The molecule has 3 rings (SSSR count). The summed E-state index contributed by atoms with van der Waals surface area (Å²) in [5.74, 6) is 0.673. The summed E-state index contributed by atoms with van der Waals surface area (Å²) in [6, 6.07) is 5.82. The first-order valence-corrected chi connectivity index (χ1v) is 8.23. The van der Waals surface area contributed by atoms with E-state index < -0.39 is 11.9 Å². The van der Waals surface area contributed by atoms with Crippen molar-refractivity contribution in [1.82, 2.24) is 29.9 Å². The van der Waals surface area contributed by atoms with Crippen LogP contribution < -0.4 is 0 Å². The summed E-state index contributed by atoms with van der Waals surface area (Å²) in [5, 5.41) is 16.1. The molecule has 3 heterocycles. The van der Waals surface area contributed by atoms with Gasteiger partial charge in [0.2, 0.25) is 0 Å². The van der Waals surface area contributed by atoms with Crippen LogP contribution in [0.25, 0.3) is 11.4 Å². The van der Waals surface area contributed by atoms with Crippen LogP contribution in [-0.4, -0.2) is 29.9 Å². The smallest absolute Gasteiger partial charge is 0.302 e. The maximum atomic E-state index is 12.6. The summed E-state index contributed by atoms with van der Waals surface area (Å²) in [5.41, 5.74) is -0.161. The third-order valence-corrected chi connectivity index (χ3v) is 4.14. The van der Waals surface area contributed by atoms with Crippen molar-refractivity contribution in [3.8, 4) is 11.4 Å². The predicted molar refractivity (Wildman–Crippen MR) is 84.7 cm³/mol. The van der Waals surface area contributed by atoms with E-state index >= 15 is 0 Å². The number of aromatic nitrogens is 6. The molecule has 0 saturated carbocycles. The molecular formula is C15H13F3N6S. The van der Waals surface area contributed by atoms with Gasteiger partial charge in [-0.25, -0.2) is 0 Å². The van der Waals surface area contributed by atoms with Gasteiger partial charge in [-0.3, -0.25) is 4.98 Å². The molecule has 3 aromatic heterocycles. The Kier molecular flexibility index (Phi) is 4.98. The first-order valence-electron chi connectivity index (χ1n) is 7.41. The van der Waals surface area contributed by atoms with E-state index in [4.69, 9.17) is 0 Å². The molecule has 0 N–H and O–H groups in total. The highest BCUT2D eigenvalue weighted by molar-refractivity contribution is 7.99. The van der Waals surface area contributed by atoms with E-state index in [2.05, 4.69) is 25.4 Å². The molecule has 0 saturated heterocycles. The van der Waals surface area contributed by atoms with Crippen molar-refractivity contribution in [3.05, 3.63) is 42.4 Å². The minimum absolute atomic E-state index is 0.319. The molecule has 0 aromatic carbocycles. The monoisotopic (exact) mass is 366 g/mol. The normalized spacial score (nSPS) is 11.7. The molecule has 6 nitrogen and oxygen atoms in total. The van der Waals surface area contributed by atoms with Crippen LogP contribution in [0.1, 0.15) is 19.0 Å². The van der Waals surface area contributed by atoms with Crippen molar-refractivity contribution in [1.29, 1.82) is 0 Å². The quantitative estimate of drug-likeness (QED) is 0.686. The molecule has 0 radical (unpaired) electrons. The standard InChI is InChI=1S/C15H13F3N6S/c1-2-9-24-13(10-5-7-19-8-6-10)22-23-14(24)25-12-4-3-11(20-21-12)15(16,17)18/h3-8H,2,9H2,1H3. The van der Waals surface area contributed by atoms with Crippen LogP contribution in [0, 0.1) is 0 Å². The fraction of sp³-hybridized carbons (Fsp3) is 0.267. The number of halogens is 3. The SMILES string of the molecule is CCCn1c(Sc2ccc(C(F)(F)F)nn2)nnc1-c1ccncc1. The van der Waals surface area contributed by atoms with Gasteiger partial charge in [0.1, 0.15) is 5.03 Å².